The van der Waals surface area contributed by atoms with E-state index in [2.05, 4.69) is 0 Å². The van der Waals surface area contributed by atoms with E-state index in [1.54, 1.807) is 0 Å². The van der Waals surface area contributed by atoms with Gasteiger partial charge in [0.05, 0.1) is 5.69 Å². The van der Waals surface area contributed by atoms with Crippen LogP contribution in [0.2, 0.25) is 5.02 Å². The van der Waals surface area contributed by atoms with Gasteiger partial charge in [-0.25, -0.2) is 4.98 Å². The zero-order valence-corrected chi connectivity index (χ0v) is 16.8. The Morgan fingerprint density at radius 3 is 2.73 bits per heavy atom. The van der Waals surface area contributed by atoms with Gasteiger partial charge in [0.1, 0.15) is 17.9 Å². The number of rotatable bonds is 5. The smallest absolute Gasteiger partial charge is 0.231 e. The molecule has 0 amide bonds. The van der Waals surface area contributed by atoms with Crippen LogP contribution in [0.3, 0.4) is 0 Å². The van der Waals surface area contributed by atoms with E-state index in [9.17, 15) is 0 Å². The van der Waals surface area contributed by atoms with Gasteiger partial charge < -0.3 is 14.2 Å². The molecule has 2 heterocycles. The number of para-hydroxylation sites is 1. The van der Waals surface area contributed by atoms with Gasteiger partial charge >= 0.3 is 0 Å². The summed E-state index contributed by atoms with van der Waals surface area (Å²) < 4.78 is 16.9. The van der Waals surface area contributed by atoms with E-state index >= 15 is 0 Å². The number of nitrogens with zero attached hydrogens (tertiary/aromatic N) is 1. The molecule has 1 aliphatic heterocycles. The lowest BCUT2D eigenvalue weighted by Gasteiger charge is -2.10. The topological polar surface area (TPSA) is 40.6 Å². The normalized spacial score (nSPS) is 12.6. The van der Waals surface area contributed by atoms with Crippen molar-refractivity contribution in [3.63, 3.8) is 0 Å². The van der Waals surface area contributed by atoms with E-state index in [1.807, 2.05) is 84.9 Å². The minimum Gasteiger partial charge on any atom is -0.487 e. The predicted octanol–water partition coefficient (Wildman–Crippen LogP) is 6.37. The zero-order chi connectivity index (χ0) is 20.3. The van der Waals surface area contributed by atoms with Gasteiger partial charge in [0.2, 0.25) is 6.79 Å². The standard InChI is InChI=1S/C25H18ClNO3/c26-21-6-2-1-4-19(21)15-28-23-7-3-5-18-10-12-20(27-25(18)23)11-8-17-9-13-22-24(14-17)30-16-29-22/h1-14H,15-16H2/b11-8+. The van der Waals surface area contributed by atoms with Gasteiger partial charge in [-0.2, -0.15) is 0 Å². The highest BCUT2D eigenvalue weighted by Gasteiger charge is 2.12. The molecule has 1 aliphatic rings. The van der Waals surface area contributed by atoms with Crippen LogP contribution in [-0.2, 0) is 6.61 Å². The van der Waals surface area contributed by atoms with Crippen molar-refractivity contribution in [2.45, 2.75) is 6.61 Å². The Bertz CT molecular complexity index is 1250. The highest BCUT2D eigenvalue weighted by molar-refractivity contribution is 6.31. The average molecular weight is 416 g/mol. The van der Waals surface area contributed by atoms with E-state index in [-0.39, 0.29) is 6.79 Å². The van der Waals surface area contributed by atoms with E-state index < -0.39 is 0 Å². The Morgan fingerprint density at radius 2 is 1.80 bits per heavy atom. The Kier molecular flexibility index (Phi) is 4.99. The molecule has 30 heavy (non-hydrogen) atoms. The van der Waals surface area contributed by atoms with E-state index in [1.165, 1.54) is 0 Å². The predicted molar refractivity (Wildman–Crippen MR) is 119 cm³/mol. The number of benzene rings is 3. The molecule has 0 aliphatic carbocycles. The van der Waals surface area contributed by atoms with Crippen molar-refractivity contribution in [3.05, 3.63) is 94.6 Å². The minimum atomic E-state index is 0.270. The maximum Gasteiger partial charge on any atom is 0.231 e. The van der Waals surface area contributed by atoms with Crippen molar-refractivity contribution in [1.29, 1.82) is 0 Å². The molecule has 148 valence electrons. The van der Waals surface area contributed by atoms with Crippen LogP contribution in [0.15, 0.2) is 72.8 Å². The first-order valence-corrected chi connectivity index (χ1v) is 9.98. The third-order valence-electron chi connectivity index (χ3n) is 4.89. The van der Waals surface area contributed by atoms with Crippen LogP contribution in [0.5, 0.6) is 17.2 Å². The summed E-state index contributed by atoms with van der Waals surface area (Å²) in [5.41, 5.74) is 3.62. The number of ether oxygens (including phenoxy) is 3. The molecule has 4 nitrogen and oxygen atoms in total. The second kappa shape index (κ2) is 8.09. The first kappa shape index (κ1) is 18.5. The molecule has 0 unspecified atom stereocenters. The van der Waals surface area contributed by atoms with Crippen molar-refractivity contribution in [2.24, 2.45) is 0 Å². The average Bonchev–Trinajstić information content (AvgIpc) is 3.25. The number of pyridine rings is 1. The molecular weight excluding hydrogens is 398 g/mol. The lowest BCUT2D eigenvalue weighted by atomic mass is 10.1. The number of aromatic nitrogens is 1. The number of halogens is 1. The molecule has 5 heteroatoms. The van der Waals surface area contributed by atoms with Crippen molar-refractivity contribution in [2.75, 3.05) is 6.79 Å². The minimum absolute atomic E-state index is 0.270. The highest BCUT2D eigenvalue weighted by atomic mass is 35.5. The van der Waals surface area contributed by atoms with Gasteiger partial charge in [0.15, 0.2) is 11.5 Å². The molecule has 0 bridgehead atoms. The molecule has 3 aromatic carbocycles. The van der Waals surface area contributed by atoms with Crippen LogP contribution < -0.4 is 14.2 Å². The van der Waals surface area contributed by atoms with Gasteiger partial charge in [-0.3, -0.25) is 0 Å². The van der Waals surface area contributed by atoms with Crippen molar-refractivity contribution in [3.8, 4) is 17.2 Å². The molecule has 0 saturated heterocycles. The van der Waals surface area contributed by atoms with E-state index in [4.69, 9.17) is 30.8 Å². The molecule has 0 atom stereocenters. The van der Waals surface area contributed by atoms with Crippen LogP contribution in [0, 0.1) is 0 Å². The molecule has 4 aromatic rings. The summed E-state index contributed by atoms with van der Waals surface area (Å²) >= 11 is 6.25. The lowest BCUT2D eigenvalue weighted by Crippen LogP contribution is -1.98. The lowest BCUT2D eigenvalue weighted by molar-refractivity contribution is 0.174. The SMILES string of the molecule is Clc1ccccc1COc1cccc2ccc(/C=C/c3ccc4c(c3)OCO4)nc12. The molecule has 0 spiro atoms. The van der Waals surface area contributed by atoms with Gasteiger partial charge in [-0.05, 0) is 42.0 Å². The van der Waals surface area contributed by atoms with E-state index in [0.717, 1.165) is 45.0 Å². The molecule has 0 saturated carbocycles. The Balaban J connectivity index is 1.40. The first-order chi connectivity index (χ1) is 14.8. The van der Waals surface area contributed by atoms with Gasteiger partial charge in [-0.1, -0.05) is 60.1 Å². The van der Waals surface area contributed by atoms with Crippen LogP contribution in [0.4, 0.5) is 0 Å². The summed E-state index contributed by atoms with van der Waals surface area (Å²) in [6.45, 7) is 0.656. The number of fused-ring (bicyclic) bond motifs is 2. The van der Waals surface area contributed by atoms with Gasteiger partial charge in [-0.15, -0.1) is 0 Å². The summed E-state index contributed by atoms with van der Waals surface area (Å²) in [6.07, 6.45) is 3.98. The summed E-state index contributed by atoms with van der Waals surface area (Å²) in [5, 5.41) is 1.71. The monoisotopic (exact) mass is 415 g/mol. The van der Waals surface area contributed by atoms with Crippen LogP contribution in [0.1, 0.15) is 16.8 Å². The third-order valence-corrected chi connectivity index (χ3v) is 5.26. The van der Waals surface area contributed by atoms with Crippen molar-refractivity contribution >= 4 is 34.7 Å². The molecule has 1 aromatic heterocycles. The number of hydrogen-bond acceptors (Lipinski definition) is 4. The van der Waals surface area contributed by atoms with Crippen LogP contribution in [-0.4, -0.2) is 11.8 Å². The highest BCUT2D eigenvalue weighted by Crippen LogP contribution is 2.33. The second-order valence-electron chi connectivity index (χ2n) is 6.89. The maximum absolute atomic E-state index is 6.25. The summed E-state index contributed by atoms with van der Waals surface area (Å²) in [6, 6.07) is 23.5. The van der Waals surface area contributed by atoms with Crippen molar-refractivity contribution < 1.29 is 14.2 Å². The third kappa shape index (κ3) is 3.82. The first-order valence-electron chi connectivity index (χ1n) is 9.60. The Hall–Kier alpha value is -3.50. The summed E-state index contributed by atoms with van der Waals surface area (Å²) in [7, 11) is 0. The zero-order valence-electron chi connectivity index (χ0n) is 16.0. The summed E-state index contributed by atoms with van der Waals surface area (Å²) in [4.78, 5) is 4.80. The van der Waals surface area contributed by atoms with Gasteiger partial charge in [0.25, 0.3) is 0 Å². The molecule has 0 radical (unpaired) electrons. The van der Waals surface area contributed by atoms with Crippen LogP contribution >= 0.6 is 11.6 Å². The fraction of sp³-hybridized carbons (Fsp3) is 0.0800. The van der Waals surface area contributed by atoms with Crippen LogP contribution in [0.25, 0.3) is 23.1 Å². The molecule has 5 rings (SSSR count). The quantitative estimate of drug-likeness (QED) is 0.380. The molecule has 0 fully saturated rings. The molecule has 0 N–H and O–H groups in total. The van der Waals surface area contributed by atoms with Gasteiger partial charge in [0, 0.05) is 16.0 Å². The Morgan fingerprint density at radius 1 is 0.900 bits per heavy atom. The van der Waals surface area contributed by atoms with E-state index in [0.29, 0.717) is 11.6 Å². The second-order valence-corrected chi connectivity index (χ2v) is 7.30. The molecular formula is C25H18ClNO3. The fourth-order valence-electron chi connectivity index (χ4n) is 3.31. The summed E-state index contributed by atoms with van der Waals surface area (Å²) in [5.74, 6) is 2.26. The maximum atomic E-state index is 6.25. The van der Waals surface area contributed by atoms with Crippen molar-refractivity contribution in [1.82, 2.24) is 4.98 Å². The number of hydrogen-bond donors (Lipinski definition) is 0. The largest absolute Gasteiger partial charge is 0.487 e. The Labute approximate surface area is 179 Å². The fourth-order valence-corrected chi connectivity index (χ4v) is 3.50.